The van der Waals surface area contributed by atoms with Crippen LogP contribution >= 0.6 is 34.7 Å². The monoisotopic (exact) mass is 610 g/mol. The number of aliphatic carboxylic acids is 1. The van der Waals surface area contributed by atoms with Crippen LogP contribution in [0.5, 0.6) is 5.75 Å². The van der Waals surface area contributed by atoms with Crippen molar-refractivity contribution < 1.29 is 24.2 Å². The second kappa shape index (κ2) is 10.3. The van der Waals surface area contributed by atoms with E-state index in [1.807, 2.05) is 48.5 Å². The molecule has 7 rings (SSSR count). The summed E-state index contributed by atoms with van der Waals surface area (Å²) in [5.74, 6) is -1.12. The predicted octanol–water partition coefficient (Wildman–Crippen LogP) is 5.01. The van der Waals surface area contributed by atoms with Crippen molar-refractivity contribution in [3.63, 3.8) is 0 Å². The SMILES string of the molecule is O=C(O)CCCN1C(=O)C2C3CC(C2C1=O)C1C3Sc2[nH]c(=O)sc2[C@@H]1c1ccc(OCc2ccc(Cl)cc2)cc1. The molecule has 2 N–H and O–H groups in total. The summed E-state index contributed by atoms with van der Waals surface area (Å²) >= 11 is 8.87. The van der Waals surface area contributed by atoms with Crippen LogP contribution in [0.25, 0.3) is 0 Å². The van der Waals surface area contributed by atoms with Crippen LogP contribution in [-0.4, -0.2) is 44.6 Å². The van der Waals surface area contributed by atoms with Crippen LogP contribution in [0.15, 0.2) is 58.4 Å². The maximum atomic E-state index is 13.6. The molecule has 0 radical (unpaired) electrons. The molecule has 1 aromatic heterocycles. The third-order valence-corrected chi connectivity index (χ3v) is 12.0. The van der Waals surface area contributed by atoms with E-state index in [1.165, 1.54) is 16.2 Å². The minimum Gasteiger partial charge on any atom is -0.489 e. The van der Waals surface area contributed by atoms with Gasteiger partial charge in [0.05, 0.1) is 16.9 Å². The van der Waals surface area contributed by atoms with Crippen molar-refractivity contribution in [3.05, 3.63) is 79.2 Å². The Morgan fingerprint density at radius 3 is 2.44 bits per heavy atom. The van der Waals surface area contributed by atoms with Crippen molar-refractivity contribution >= 4 is 52.5 Å². The molecule has 2 saturated carbocycles. The number of aromatic amines is 1. The first-order chi connectivity index (χ1) is 19.8. The number of benzene rings is 2. The number of ether oxygens (including phenoxy) is 1. The Kier molecular flexibility index (Phi) is 6.75. The van der Waals surface area contributed by atoms with Gasteiger partial charge in [-0.25, -0.2) is 0 Å². The Balaban J connectivity index is 1.16. The molecule has 3 heterocycles. The van der Waals surface area contributed by atoms with Crippen LogP contribution in [0, 0.1) is 29.6 Å². The molecule has 1 saturated heterocycles. The van der Waals surface area contributed by atoms with Crippen LogP contribution in [0.4, 0.5) is 0 Å². The molecule has 212 valence electrons. The lowest BCUT2D eigenvalue weighted by Gasteiger charge is -2.43. The summed E-state index contributed by atoms with van der Waals surface area (Å²) < 4.78 is 6.00. The number of fused-ring (bicyclic) bond motifs is 9. The Morgan fingerprint density at radius 1 is 1.02 bits per heavy atom. The number of likely N-dealkylation sites (tertiary alicyclic amines) is 1. The molecule has 11 heteroatoms. The molecule has 3 aromatic rings. The van der Waals surface area contributed by atoms with E-state index in [0.29, 0.717) is 11.6 Å². The highest BCUT2D eigenvalue weighted by molar-refractivity contribution is 8.00. The lowest BCUT2D eigenvalue weighted by molar-refractivity contribution is -0.142. The standard InChI is InChI=1S/C30H27ClN2O6S2/c31-16-7-3-14(4-8-16)13-39-17-9-5-15(6-10-17)21-22-18-12-19(25(22)40-27-26(21)41-30(38)32-27)24-23(18)28(36)33(29(24)37)11-1-2-20(34)35/h3-10,18-19,21-25H,1-2,11-13H2,(H,32,38)(H,34,35)/t18?,19?,21-,22?,23?,24?,25?/m1/s1. The smallest absolute Gasteiger partial charge is 0.305 e. The highest BCUT2D eigenvalue weighted by atomic mass is 35.5. The number of thiazole rings is 1. The summed E-state index contributed by atoms with van der Waals surface area (Å²) in [4.78, 5) is 55.7. The molecular weight excluding hydrogens is 584 g/mol. The average Bonchev–Trinajstić information content (AvgIpc) is 3.68. The number of amides is 2. The number of H-pyrrole nitrogens is 1. The van der Waals surface area contributed by atoms with Crippen LogP contribution in [-0.2, 0) is 21.0 Å². The third-order valence-electron chi connectivity index (χ3n) is 9.15. The van der Waals surface area contributed by atoms with Crippen LogP contribution in [0.2, 0.25) is 5.02 Å². The summed E-state index contributed by atoms with van der Waals surface area (Å²) in [6.07, 6.45) is 1.00. The van der Waals surface area contributed by atoms with Gasteiger partial charge in [-0.15, -0.1) is 11.8 Å². The molecule has 6 unspecified atom stereocenters. The summed E-state index contributed by atoms with van der Waals surface area (Å²) in [5.41, 5.74) is 2.08. The number of carboxylic acid groups (broad SMARTS) is 1. The molecule has 7 atom stereocenters. The highest BCUT2D eigenvalue weighted by Crippen LogP contribution is 2.68. The molecule has 41 heavy (non-hydrogen) atoms. The number of carbonyl (C=O) groups excluding carboxylic acids is 2. The van der Waals surface area contributed by atoms with E-state index in [0.717, 1.165) is 33.2 Å². The van der Waals surface area contributed by atoms with Gasteiger partial charge < -0.3 is 14.8 Å². The zero-order chi connectivity index (χ0) is 28.4. The Hall–Kier alpha value is -3.08. The van der Waals surface area contributed by atoms with Crippen molar-refractivity contribution in [1.29, 1.82) is 0 Å². The van der Waals surface area contributed by atoms with Gasteiger partial charge in [0.2, 0.25) is 11.8 Å². The van der Waals surface area contributed by atoms with E-state index >= 15 is 0 Å². The molecule has 3 fully saturated rings. The highest BCUT2D eigenvalue weighted by Gasteiger charge is 2.69. The first-order valence-corrected chi connectivity index (χ1v) is 15.8. The number of imide groups is 1. The van der Waals surface area contributed by atoms with Crippen LogP contribution in [0.3, 0.4) is 0 Å². The number of carbonyl (C=O) groups is 3. The summed E-state index contributed by atoms with van der Waals surface area (Å²) in [5, 5.41) is 10.7. The van der Waals surface area contributed by atoms with Gasteiger partial charge >= 0.3 is 10.8 Å². The van der Waals surface area contributed by atoms with E-state index in [2.05, 4.69) is 4.98 Å². The topological polar surface area (TPSA) is 117 Å². The van der Waals surface area contributed by atoms with E-state index in [1.54, 1.807) is 11.8 Å². The van der Waals surface area contributed by atoms with Crippen molar-refractivity contribution in [1.82, 2.24) is 9.88 Å². The number of rotatable bonds is 8. The number of carboxylic acids is 1. The molecule has 2 amide bonds. The first-order valence-electron chi connectivity index (χ1n) is 13.7. The van der Waals surface area contributed by atoms with Crippen molar-refractivity contribution in [2.45, 2.75) is 42.1 Å². The van der Waals surface area contributed by atoms with E-state index in [4.69, 9.17) is 21.4 Å². The summed E-state index contributed by atoms with van der Waals surface area (Å²) in [7, 11) is 0. The molecule has 4 aliphatic rings. The maximum Gasteiger partial charge on any atom is 0.305 e. The van der Waals surface area contributed by atoms with Gasteiger partial charge in [-0.05, 0) is 66.0 Å². The molecule has 2 aliphatic carbocycles. The van der Waals surface area contributed by atoms with Gasteiger partial charge in [0.1, 0.15) is 12.4 Å². The second-order valence-corrected chi connectivity index (χ2v) is 13.9. The normalized spacial score (nSPS) is 29.4. The van der Waals surface area contributed by atoms with Crippen molar-refractivity contribution in [2.75, 3.05) is 6.54 Å². The lowest BCUT2D eigenvalue weighted by Crippen LogP contribution is -2.42. The van der Waals surface area contributed by atoms with E-state index in [-0.39, 0.29) is 76.8 Å². The number of thioether (sulfide) groups is 1. The molecule has 2 aliphatic heterocycles. The van der Waals surface area contributed by atoms with Gasteiger partial charge in [0, 0.05) is 34.0 Å². The quantitative estimate of drug-likeness (QED) is 0.345. The fraction of sp³-hybridized carbons (Fsp3) is 0.400. The Bertz CT molecular complexity index is 1590. The van der Waals surface area contributed by atoms with Gasteiger partial charge in [0.25, 0.3) is 0 Å². The molecular formula is C30H27ClN2O6S2. The van der Waals surface area contributed by atoms with E-state index in [9.17, 15) is 19.2 Å². The fourth-order valence-electron chi connectivity index (χ4n) is 7.58. The molecule has 8 nitrogen and oxygen atoms in total. The lowest BCUT2D eigenvalue weighted by atomic mass is 9.68. The molecule has 2 aromatic carbocycles. The van der Waals surface area contributed by atoms with Gasteiger partial charge in [-0.3, -0.25) is 24.1 Å². The van der Waals surface area contributed by atoms with Crippen molar-refractivity contribution in [3.8, 4) is 5.75 Å². The largest absolute Gasteiger partial charge is 0.489 e. The molecule has 0 spiro atoms. The van der Waals surface area contributed by atoms with Crippen LogP contribution < -0.4 is 9.61 Å². The molecule has 2 bridgehead atoms. The zero-order valence-corrected chi connectivity index (χ0v) is 24.2. The maximum absolute atomic E-state index is 13.6. The van der Waals surface area contributed by atoms with Gasteiger partial charge in [-0.1, -0.05) is 47.2 Å². The second-order valence-electron chi connectivity index (χ2n) is 11.3. The first kappa shape index (κ1) is 26.8. The number of aromatic nitrogens is 1. The fourth-order valence-corrected chi connectivity index (χ4v) is 10.6. The third kappa shape index (κ3) is 4.51. The van der Waals surface area contributed by atoms with Crippen LogP contribution in [0.1, 0.15) is 41.2 Å². The van der Waals surface area contributed by atoms with Gasteiger partial charge in [-0.2, -0.15) is 0 Å². The number of hydrogen-bond donors (Lipinski definition) is 2. The average molecular weight is 611 g/mol. The minimum atomic E-state index is -0.934. The Labute approximate surface area is 249 Å². The minimum absolute atomic E-state index is 0.0274. The zero-order valence-electron chi connectivity index (χ0n) is 21.8. The predicted molar refractivity (Wildman–Crippen MR) is 154 cm³/mol. The number of nitrogens with zero attached hydrogens (tertiary/aromatic N) is 1. The van der Waals surface area contributed by atoms with Crippen molar-refractivity contribution in [2.24, 2.45) is 29.6 Å². The number of halogens is 1. The van der Waals surface area contributed by atoms with Gasteiger partial charge in [0.15, 0.2) is 0 Å². The number of nitrogens with one attached hydrogen (secondary N) is 1. The summed E-state index contributed by atoms with van der Waals surface area (Å²) in [6.45, 7) is 0.567. The number of hydrogen-bond acceptors (Lipinski definition) is 7. The summed E-state index contributed by atoms with van der Waals surface area (Å²) in [6, 6.07) is 15.5. The van der Waals surface area contributed by atoms with E-state index < -0.39 is 5.97 Å². The Morgan fingerprint density at radius 2 is 1.73 bits per heavy atom.